The highest BCUT2D eigenvalue weighted by molar-refractivity contribution is 5.51. The molecule has 0 N–H and O–H groups in total. The molecule has 0 heterocycles. The van der Waals surface area contributed by atoms with Crippen molar-refractivity contribution in [3.63, 3.8) is 0 Å². The first-order valence-corrected chi connectivity index (χ1v) is 10.9. The van der Waals surface area contributed by atoms with Crippen LogP contribution in [0, 0.1) is 5.41 Å². The zero-order chi connectivity index (χ0) is 40.2. The third kappa shape index (κ3) is 8.10. The smallest absolute Gasteiger partial charge is 0.350 e. The molecule has 294 valence electrons. The molecule has 0 saturated heterocycles. The summed E-state index contributed by atoms with van der Waals surface area (Å²) >= 11 is 0. The standard InChI is InChI=1S/C18H9F27O4/c19-10(20,21)7(11(22,23)24,12(25,26)27)47-3-6(1-2-46,4-48-8(13(28,29)30,14(31,32)33)15(34,35)36)5-49-9(16(37,38)39,17(40,41)42)18(43,44)45/h2H,1,3-5H2. The molecular formula is C18H9F27O4. The van der Waals surface area contributed by atoms with E-state index in [1.54, 1.807) is 0 Å². The maximum Gasteiger partial charge on any atom is 0.435 e. The van der Waals surface area contributed by atoms with E-state index in [2.05, 4.69) is 14.2 Å². The first kappa shape index (κ1) is 46.7. The number of halogens is 27. The van der Waals surface area contributed by atoms with E-state index in [1.807, 2.05) is 0 Å². The van der Waals surface area contributed by atoms with Crippen molar-refractivity contribution in [1.82, 2.24) is 0 Å². The molecule has 49 heavy (non-hydrogen) atoms. The SMILES string of the molecule is O=CCC(COC(C(F)(F)F)(C(F)(F)F)C(F)(F)F)(COC(C(F)(F)F)(C(F)(F)F)C(F)(F)F)COC(C(F)(F)F)(C(F)(F)F)C(F)(F)F. The Morgan fingerprint density at radius 3 is 0.551 bits per heavy atom. The molecule has 0 unspecified atom stereocenters. The Morgan fingerprint density at radius 2 is 0.449 bits per heavy atom. The molecule has 4 nitrogen and oxygen atoms in total. The Labute approximate surface area is 249 Å². The summed E-state index contributed by atoms with van der Waals surface area (Å²) in [5, 5.41) is 0. The van der Waals surface area contributed by atoms with Gasteiger partial charge in [-0.3, -0.25) is 0 Å². The quantitative estimate of drug-likeness (QED) is 0.155. The van der Waals surface area contributed by atoms with Crippen LogP contribution in [0.15, 0.2) is 0 Å². The van der Waals surface area contributed by atoms with Crippen molar-refractivity contribution >= 4 is 6.29 Å². The van der Waals surface area contributed by atoms with E-state index >= 15 is 0 Å². The van der Waals surface area contributed by atoms with E-state index in [-0.39, 0.29) is 0 Å². The van der Waals surface area contributed by atoms with E-state index in [0.29, 0.717) is 0 Å². The predicted octanol–water partition coefficient (Wildman–Crippen LogP) is 8.89. The van der Waals surface area contributed by atoms with Gasteiger partial charge in [-0.25, -0.2) is 0 Å². The summed E-state index contributed by atoms with van der Waals surface area (Å²) in [6, 6.07) is 0. The minimum Gasteiger partial charge on any atom is -0.350 e. The Hall–Kier alpha value is -2.34. The van der Waals surface area contributed by atoms with Gasteiger partial charge in [0.25, 0.3) is 0 Å². The van der Waals surface area contributed by atoms with Crippen molar-refractivity contribution in [1.29, 1.82) is 0 Å². The Bertz CT molecular complexity index is 866. The molecule has 0 fully saturated rings. The number of hydrogen-bond donors (Lipinski definition) is 0. The van der Waals surface area contributed by atoms with E-state index in [4.69, 9.17) is 0 Å². The third-order valence-corrected chi connectivity index (χ3v) is 5.89. The van der Waals surface area contributed by atoms with Crippen molar-refractivity contribution in [3.8, 4) is 0 Å². The van der Waals surface area contributed by atoms with Gasteiger partial charge in [0, 0.05) is 11.8 Å². The molecule has 0 aromatic heterocycles. The zero-order valence-corrected chi connectivity index (χ0v) is 21.7. The number of carbonyl (C=O) groups excluding carboxylic acids is 1. The van der Waals surface area contributed by atoms with Gasteiger partial charge in [0.05, 0.1) is 19.8 Å². The Morgan fingerprint density at radius 1 is 0.306 bits per heavy atom. The summed E-state index contributed by atoms with van der Waals surface area (Å²) in [7, 11) is 0. The van der Waals surface area contributed by atoms with Crippen molar-refractivity contribution in [2.24, 2.45) is 5.41 Å². The lowest BCUT2D eigenvalue weighted by Crippen LogP contribution is -2.70. The molecule has 0 aromatic carbocycles. The third-order valence-electron chi connectivity index (χ3n) is 5.89. The molecule has 0 aromatic rings. The molecule has 0 rings (SSSR count). The van der Waals surface area contributed by atoms with Crippen LogP contribution in [0.3, 0.4) is 0 Å². The normalized spacial score (nSPS) is 16.3. The van der Waals surface area contributed by atoms with Gasteiger partial charge < -0.3 is 19.0 Å². The van der Waals surface area contributed by atoms with E-state index < -0.39 is 110 Å². The van der Waals surface area contributed by atoms with Crippen LogP contribution >= 0.6 is 0 Å². The van der Waals surface area contributed by atoms with Crippen LogP contribution in [0.25, 0.3) is 0 Å². The van der Waals surface area contributed by atoms with Gasteiger partial charge in [-0.2, -0.15) is 119 Å². The molecule has 0 radical (unpaired) electrons. The lowest BCUT2D eigenvalue weighted by atomic mass is 9.85. The van der Waals surface area contributed by atoms with Gasteiger partial charge in [-0.1, -0.05) is 0 Å². The topological polar surface area (TPSA) is 44.8 Å². The Balaban J connectivity index is 8.10. The average molecular weight is 802 g/mol. The lowest BCUT2D eigenvalue weighted by Gasteiger charge is -2.45. The van der Waals surface area contributed by atoms with E-state index in [1.165, 1.54) is 0 Å². The molecule has 31 heteroatoms. The molecule has 0 aliphatic carbocycles. The van der Waals surface area contributed by atoms with Gasteiger partial charge in [0.2, 0.25) is 0 Å². The molecule has 0 aliphatic heterocycles. The first-order chi connectivity index (χ1) is 20.9. The van der Waals surface area contributed by atoms with Crippen LogP contribution in [-0.4, -0.2) is 98.5 Å². The van der Waals surface area contributed by atoms with Crippen molar-refractivity contribution in [2.75, 3.05) is 19.8 Å². The lowest BCUT2D eigenvalue weighted by molar-refractivity contribution is -0.473. The molecule has 0 spiro atoms. The maximum absolute atomic E-state index is 13.2. The van der Waals surface area contributed by atoms with Gasteiger partial charge in [-0.05, 0) is 0 Å². The summed E-state index contributed by atoms with van der Waals surface area (Å²) in [4.78, 5) is 11.0. The molecule has 0 aliphatic rings. The van der Waals surface area contributed by atoms with Gasteiger partial charge in [0.15, 0.2) is 0 Å². The van der Waals surface area contributed by atoms with Crippen LogP contribution in [0.1, 0.15) is 6.42 Å². The van der Waals surface area contributed by atoms with Gasteiger partial charge in [0.1, 0.15) is 6.29 Å². The second kappa shape index (κ2) is 13.0. The highest BCUT2D eigenvalue weighted by atomic mass is 19.5. The van der Waals surface area contributed by atoms with Gasteiger partial charge >= 0.3 is 72.4 Å². The summed E-state index contributed by atoms with van der Waals surface area (Å²) in [6.45, 7) is -12.1. The molecule has 0 amide bonds. The van der Waals surface area contributed by atoms with Crippen molar-refractivity contribution in [2.45, 2.75) is 78.8 Å². The second-order valence-corrected chi connectivity index (χ2v) is 9.26. The fourth-order valence-corrected chi connectivity index (χ4v) is 3.45. The number of carbonyl (C=O) groups is 1. The second-order valence-electron chi connectivity index (χ2n) is 9.26. The number of hydrogen-bond acceptors (Lipinski definition) is 4. The highest BCUT2D eigenvalue weighted by Crippen LogP contribution is 2.59. The molecule has 0 bridgehead atoms. The van der Waals surface area contributed by atoms with Gasteiger partial charge in [-0.15, -0.1) is 0 Å². The number of alkyl halides is 27. The van der Waals surface area contributed by atoms with Crippen LogP contribution in [0.4, 0.5) is 119 Å². The average Bonchev–Trinajstić information content (AvgIpc) is 2.71. The van der Waals surface area contributed by atoms with Crippen LogP contribution in [0.5, 0.6) is 0 Å². The molecule has 0 saturated carbocycles. The fraction of sp³-hybridized carbons (Fsp3) is 0.944. The summed E-state index contributed by atoms with van der Waals surface area (Å²) < 4.78 is 365. The summed E-state index contributed by atoms with van der Waals surface area (Å²) in [5.41, 5.74) is -28.9. The van der Waals surface area contributed by atoms with Crippen molar-refractivity contribution < 1.29 is 138 Å². The zero-order valence-electron chi connectivity index (χ0n) is 21.7. The van der Waals surface area contributed by atoms with Crippen LogP contribution < -0.4 is 0 Å². The number of ether oxygens (including phenoxy) is 3. The number of aldehydes is 1. The Kier molecular flexibility index (Phi) is 12.4. The first-order valence-electron chi connectivity index (χ1n) is 10.9. The van der Waals surface area contributed by atoms with Crippen LogP contribution in [0.2, 0.25) is 0 Å². The summed E-state index contributed by atoms with van der Waals surface area (Å²) in [5.74, 6) is 0. The van der Waals surface area contributed by atoms with Crippen molar-refractivity contribution in [3.05, 3.63) is 0 Å². The summed E-state index contributed by atoms with van der Waals surface area (Å²) in [6.07, 6.45) is -76.9. The fourth-order valence-electron chi connectivity index (χ4n) is 3.45. The van der Waals surface area contributed by atoms with E-state index in [9.17, 15) is 123 Å². The molecular weight excluding hydrogens is 793 g/mol. The minimum absolute atomic E-state index is 1.46. The predicted molar refractivity (Wildman–Crippen MR) is 93.7 cm³/mol. The monoisotopic (exact) mass is 802 g/mol. The van der Waals surface area contributed by atoms with E-state index in [0.717, 1.165) is 0 Å². The maximum atomic E-state index is 13.2. The van der Waals surface area contributed by atoms with Crippen LogP contribution in [-0.2, 0) is 19.0 Å². The molecule has 0 atom stereocenters. The highest BCUT2D eigenvalue weighted by Gasteiger charge is 2.88. The number of rotatable bonds is 11. The largest absolute Gasteiger partial charge is 0.435 e. The minimum atomic E-state index is -8.04.